The van der Waals surface area contributed by atoms with Crippen molar-refractivity contribution in [2.45, 2.75) is 58.0 Å². The van der Waals surface area contributed by atoms with Crippen molar-refractivity contribution >= 4 is 5.69 Å². The number of aromatic nitrogens is 1. The summed E-state index contributed by atoms with van der Waals surface area (Å²) in [5.41, 5.74) is 2.22. The minimum absolute atomic E-state index is 0.200. The van der Waals surface area contributed by atoms with Crippen molar-refractivity contribution in [3.8, 4) is 0 Å². The second-order valence-corrected chi connectivity index (χ2v) is 5.93. The first-order chi connectivity index (χ1) is 10.3. The zero-order chi connectivity index (χ0) is 15.1. The third kappa shape index (κ3) is 4.42. The highest BCUT2D eigenvalue weighted by atomic mass is 16.3. The smallest absolute Gasteiger partial charge is 0.0606 e. The first kappa shape index (κ1) is 16.2. The van der Waals surface area contributed by atoms with Crippen LogP contribution in [0.4, 0.5) is 5.69 Å². The van der Waals surface area contributed by atoms with Crippen molar-refractivity contribution in [2.24, 2.45) is 0 Å². The Balaban J connectivity index is 2.08. The molecule has 0 aromatic carbocycles. The number of nitrogens with zero attached hydrogens (tertiary/aromatic N) is 2. The molecule has 21 heavy (non-hydrogen) atoms. The van der Waals surface area contributed by atoms with Gasteiger partial charge in [0.25, 0.3) is 0 Å². The van der Waals surface area contributed by atoms with Crippen LogP contribution in [0.1, 0.15) is 57.7 Å². The van der Waals surface area contributed by atoms with Gasteiger partial charge in [-0.25, -0.2) is 0 Å². The van der Waals surface area contributed by atoms with Crippen molar-refractivity contribution in [3.05, 3.63) is 24.0 Å². The Morgan fingerprint density at radius 2 is 2.10 bits per heavy atom. The van der Waals surface area contributed by atoms with Crippen molar-refractivity contribution in [2.75, 3.05) is 24.6 Å². The van der Waals surface area contributed by atoms with Gasteiger partial charge in [-0.1, -0.05) is 26.2 Å². The molecule has 1 aromatic heterocycles. The van der Waals surface area contributed by atoms with Gasteiger partial charge in [-0.2, -0.15) is 0 Å². The largest absolute Gasteiger partial charge is 0.395 e. The lowest BCUT2D eigenvalue weighted by Crippen LogP contribution is -2.39. The molecule has 0 radical (unpaired) electrons. The van der Waals surface area contributed by atoms with E-state index in [0.29, 0.717) is 12.6 Å². The maximum absolute atomic E-state index is 9.37. The molecule has 2 rings (SSSR count). The van der Waals surface area contributed by atoms with Crippen LogP contribution < -0.4 is 10.2 Å². The first-order valence-electron chi connectivity index (χ1n) is 8.33. The molecule has 1 aliphatic carbocycles. The summed E-state index contributed by atoms with van der Waals surface area (Å²) in [6.45, 7) is 6.10. The number of hydrogen-bond donors (Lipinski definition) is 2. The number of aliphatic hydroxyl groups is 1. The van der Waals surface area contributed by atoms with Gasteiger partial charge >= 0.3 is 0 Å². The number of rotatable bonds is 7. The zero-order valence-corrected chi connectivity index (χ0v) is 13.4. The first-order valence-corrected chi connectivity index (χ1v) is 8.33. The van der Waals surface area contributed by atoms with E-state index >= 15 is 0 Å². The fourth-order valence-corrected chi connectivity index (χ4v) is 3.26. The number of anilines is 1. The van der Waals surface area contributed by atoms with Crippen LogP contribution in [0.2, 0.25) is 0 Å². The number of hydrogen-bond acceptors (Lipinski definition) is 4. The van der Waals surface area contributed by atoms with Gasteiger partial charge in [-0.3, -0.25) is 4.98 Å². The Hall–Kier alpha value is -1.13. The molecule has 1 saturated carbocycles. The molecule has 1 aromatic rings. The van der Waals surface area contributed by atoms with E-state index < -0.39 is 0 Å². The quantitative estimate of drug-likeness (QED) is 0.811. The fraction of sp³-hybridized carbons (Fsp3) is 0.706. The van der Waals surface area contributed by atoms with E-state index in [1.165, 1.54) is 32.1 Å². The van der Waals surface area contributed by atoms with Crippen LogP contribution in [0.3, 0.4) is 0 Å². The minimum Gasteiger partial charge on any atom is -0.395 e. The molecule has 1 aliphatic rings. The lowest BCUT2D eigenvalue weighted by atomic mass is 9.94. The summed E-state index contributed by atoms with van der Waals surface area (Å²) in [5.74, 6) is 0. The lowest BCUT2D eigenvalue weighted by molar-refractivity contribution is 0.290. The summed E-state index contributed by atoms with van der Waals surface area (Å²) >= 11 is 0. The highest BCUT2D eigenvalue weighted by Gasteiger charge is 2.21. The number of nitrogens with one attached hydrogen (secondary N) is 1. The SMILES string of the molecule is CCNC(C)c1ccc(N(CCO)C2CCCCC2)cn1. The molecule has 0 amide bonds. The van der Waals surface area contributed by atoms with Crippen molar-refractivity contribution in [3.63, 3.8) is 0 Å². The van der Waals surface area contributed by atoms with E-state index in [1.54, 1.807) is 0 Å². The van der Waals surface area contributed by atoms with Crippen LogP contribution in [-0.2, 0) is 0 Å². The molecule has 1 unspecified atom stereocenters. The Bertz CT molecular complexity index is 401. The maximum atomic E-state index is 9.37. The maximum Gasteiger partial charge on any atom is 0.0606 e. The molecule has 0 saturated heterocycles. The van der Waals surface area contributed by atoms with Gasteiger partial charge in [0, 0.05) is 18.6 Å². The summed E-state index contributed by atoms with van der Waals surface area (Å²) in [4.78, 5) is 6.95. The van der Waals surface area contributed by atoms with Gasteiger partial charge in [0.2, 0.25) is 0 Å². The molecule has 2 N–H and O–H groups in total. The molecule has 1 heterocycles. The molecule has 0 aliphatic heterocycles. The Morgan fingerprint density at radius 1 is 1.33 bits per heavy atom. The van der Waals surface area contributed by atoms with Gasteiger partial charge in [0.15, 0.2) is 0 Å². The average molecular weight is 291 g/mol. The normalized spacial score (nSPS) is 17.7. The summed E-state index contributed by atoms with van der Waals surface area (Å²) in [6, 6.07) is 5.10. The van der Waals surface area contributed by atoms with Crippen LogP contribution >= 0.6 is 0 Å². The number of pyridine rings is 1. The van der Waals surface area contributed by atoms with Crippen LogP contribution in [0.5, 0.6) is 0 Å². The van der Waals surface area contributed by atoms with E-state index in [2.05, 4.69) is 41.2 Å². The molecule has 1 atom stereocenters. The average Bonchev–Trinajstić information content (AvgIpc) is 2.54. The van der Waals surface area contributed by atoms with Crippen molar-refractivity contribution in [1.82, 2.24) is 10.3 Å². The fourth-order valence-electron chi connectivity index (χ4n) is 3.26. The monoisotopic (exact) mass is 291 g/mol. The topological polar surface area (TPSA) is 48.4 Å². The van der Waals surface area contributed by atoms with Gasteiger partial charge in [0.1, 0.15) is 0 Å². The van der Waals surface area contributed by atoms with Gasteiger partial charge in [-0.05, 0) is 38.4 Å². The standard InChI is InChI=1S/C17H29N3O/c1-3-18-14(2)17-10-9-16(13-19-17)20(11-12-21)15-7-5-4-6-8-15/h9-10,13-15,18,21H,3-8,11-12H2,1-2H3. The van der Waals surface area contributed by atoms with E-state index in [1.807, 2.05) is 6.20 Å². The second-order valence-electron chi connectivity index (χ2n) is 5.93. The van der Waals surface area contributed by atoms with Crippen LogP contribution in [0.25, 0.3) is 0 Å². The molecule has 0 bridgehead atoms. The Morgan fingerprint density at radius 3 is 2.67 bits per heavy atom. The Kier molecular flexibility index (Phi) is 6.46. The molecular formula is C17H29N3O. The molecule has 118 valence electrons. The molecule has 4 heteroatoms. The Labute approximate surface area is 128 Å². The van der Waals surface area contributed by atoms with E-state index in [9.17, 15) is 5.11 Å². The molecule has 1 fully saturated rings. The highest BCUT2D eigenvalue weighted by Crippen LogP contribution is 2.27. The molecule has 0 spiro atoms. The van der Waals surface area contributed by atoms with Crippen LogP contribution in [0.15, 0.2) is 18.3 Å². The van der Waals surface area contributed by atoms with Crippen molar-refractivity contribution in [1.29, 1.82) is 0 Å². The summed E-state index contributed by atoms with van der Waals surface area (Å²) in [6.07, 6.45) is 8.38. The predicted octanol–water partition coefficient (Wildman–Crippen LogP) is 2.88. The van der Waals surface area contributed by atoms with Gasteiger partial charge in [0.05, 0.1) is 24.2 Å². The zero-order valence-electron chi connectivity index (χ0n) is 13.4. The minimum atomic E-state index is 0.200. The number of aliphatic hydroxyl groups excluding tert-OH is 1. The third-order valence-corrected chi connectivity index (χ3v) is 4.41. The van der Waals surface area contributed by atoms with E-state index in [0.717, 1.165) is 17.9 Å². The molecular weight excluding hydrogens is 262 g/mol. The predicted molar refractivity (Wildman–Crippen MR) is 87.6 cm³/mol. The summed E-state index contributed by atoms with van der Waals surface area (Å²) < 4.78 is 0. The summed E-state index contributed by atoms with van der Waals surface area (Å²) in [7, 11) is 0. The second kappa shape index (κ2) is 8.35. The highest BCUT2D eigenvalue weighted by molar-refractivity contribution is 5.46. The third-order valence-electron chi connectivity index (χ3n) is 4.41. The van der Waals surface area contributed by atoms with Crippen LogP contribution in [-0.4, -0.2) is 35.8 Å². The molecule has 4 nitrogen and oxygen atoms in total. The summed E-state index contributed by atoms with van der Waals surface area (Å²) in [5, 5.41) is 12.8. The lowest BCUT2D eigenvalue weighted by Gasteiger charge is -2.35. The van der Waals surface area contributed by atoms with E-state index in [4.69, 9.17) is 0 Å². The van der Waals surface area contributed by atoms with E-state index in [-0.39, 0.29) is 12.6 Å². The van der Waals surface area contributed by atoms with Crippen molar-refractivity contribution < 1.29 is 5.11 Å². The van der Waals surface area contributed by atoms with Gasteiger partial charge in [-0.15, -0.1) is 0 Å². The van der Waals surface area contributed by atoms with Crippen LogP contribution in [0, 0.1) is 0 Å². The van der Waals surface area contributed by atoms with Gasteiger partial charge < -0.3 is 15.3 Å².